The first-order valence-corrected chi connectivity index (χ1v) is 10.4. The van der Waals surface area contributed by atoms with Crippen LogP contribution in [-0.4, -0.2) is 35.3 Å². The first-order valence-electron chi connectivity index (χ1n) is 7.14. The van der Waals surface area contributed by atoms with E-state index in [1.165, 1.54) is 19.1 Å². The zero-order valence-electron chi connectivity index (χ0n) is 13.5. The number of nitrogen functional groups attached to an aromatic ring is 1. The van der Waals surface area contributed by atoms with E-state index in [0.29, 0.717) is 0 Å². The van der Waals surface area contributed by atoms with Crippen LogP contribution in [0, 0.1) is 6.92 Å². The van der Waals surface area contributed by atoms with Crippen molar-refractivity contribution >= 4 is 41.8 Å². The van der Waals surface area contributed by atoms with E-state index in [1.807, 2.05) is 0 Å². The molecule has 8 nitrogen and oxygen atoms in total. The number of aromatic hydroxyl groups is 1. The van der Waals surface area contributed by atoms with Crippen molar-refractivity contribution in [2.45, 2.75) is 13.8 Å². The Morgan fingerprint density at radius 1 is 1.20 bits per heavy atom. The minimum atomic E-state index is -5.37. The normalized spacial score (nSPS) is 12.9. The fraction of sp³-hybridized carbons (Fsp3) is 0.125. The molecule has 1 amide bonds. The van der Waals surface area contributed by atoms with Gasteiger partial charge in [-0.3, -0.25) is 0 Å². The van der Waals surface area contributed by atoms with Crippen LogP contribution in [-0.2, 0) is 12.3 Å². The van der Waals surface area contributed by atoms with Crippen molar-refractivity contribution in [2.24, 2.45) is 0 Å². The molecule has 0 saturated heterocycles. The third kappa shape index (κ3) is 4.43. The van der Waals surface area contributed by atoms with E-state index in [0.717, 1.165) is 23.8 Å². The van der Waals surface area contributed by atoms with Crippen LogP contribution in [0.1, 0.15) is 22.8 Å². The van der Waals surface area contributed by atoms with E-state index < -0.39 is 26.0 Å². The van der Waals surface area contributed by atoms with E-state index in [4.69, 9.17) is 9.46 Å². The maximum atomic E-state index is 12.6. The summed E-state index contributed by atoms with van der Waals surface area (Å²) in [4.78, 5) is 23.5. The summed E-state index contributed by atoms with van der Waals surface area (Å²) in [5, 5.41) is 11.8. The number of hydrogen-bond donors (Lipinski definition) is 4. The summed E-state index contributed by atoms with van der Waals surface area (Å²) in [6, 6.07) is 7.91. The summed E-state index contributed by atoms with van der Waals surface area (Å²) in [7, 11) is 0. The van der Waals surface area contributed by atoms with Crippen molar-refractivity contribution in [3.05, 3.63) is 47.5 Å². The van der Waals surface area contributed by atoms with Gasteiger partial charge >= 0.3 is 146 Å². The van der Waals surface area contributed by atoms with E-state index in [2.05, 4.69) is 5.32 Å². The SMILES string of the molecule is CC(=O)Nc1cc(O)ccc1[As](=O)(O)OC(=O)c1ccc(C)cc1N. The van der Waals surface area contributed by atoms with Gasteiger partial charge in [-0.2, -0.15) is 0 Å². The Hall–Kier alpha value is -2.70. The number of carbonyl (C=O) groups excluding carboxylic acids is 2. The summed E-state index contributed by atoms with van der Waals surface area (Å²) in [5.74, 6) is -1.79. The molecule has 1 atom stereocenters. The van der Waals surface area contributed by atoms with Crippen molar-refractivity contribution in [1.29, 1.82) is 0 Å². The van der Waals surface area contributed by atoms with Crippen LogP contribution in [0.5, 0.6) is 5.75 Å². The van der Waals surface area contributed by atoms with Gasteiger partial charge in [0.1, 0.15) is 0 Å². The van der Waals surface area contributed by atoms with E-state index in [1.54, 1.807) is 13.0 Å². The number of phenols is 1. The van der Waals surface area contributed by atoms with Crippen LogP contribution >= 0.6 is 0 Å². The van der Waals surface area contributed by atoms with Crippen molar-refractivity contribution < 1.29 is 26.3 Å². The fourth-order valence-corrected chi connectivity index (χ4v) is 4.47. The van der Waals surface area contributed by atoms with Crippen LogP contribution in [0.15, 0.2) is 36.4 Å². The summed E-state index contributed by atoms with van der Waals surface area (Å²) < 4.78 is 27.4. The molecule has 25 heavy (non-hydrogen) atoms. The van der Waals surface area contributed by atoms with Crippen LogP contribution in [0.4, 0.5) is 11.4 Å². The molecule has 0 aliphatic heterocycles. The Kier molecular flexibility index (Phi) is 5.25. The van der Waals surface area contributed by atoms with E-state index in [9.17, 15) is 22.5 Å². The summed E-state index contributed by atoms with van der Waals surface area (Å²) in [5.41, 5.74) is 6.53. The second-order valence-corrected chi connectivity index (χ2v) is 8.95. The molecular weight excluding hydrogens is 391 g/mol. The molecule has 0 radical (unpaired) electrons. The van der Waals surface area contributed by atoms with Gasteiger partial charge in [0.15, 0.2) is 0 Å². The van der Waals surface area contributed by atoms with Gasteiger partial charge < -0.3 is 0 Å². The molecule has 9 heteroatoms. The number of aryl methyl sites for hydroxylation is 1. The molecule has 0 saturated carbocycles. The summed E-state index contributed by atoms with van der Waals surface area (Å²) >= 11 is -5.37. The summed E-state index contributed by atoms with van der Waals surface area (Å²) in [6.07, 6.45) is 0. The predicted octanol–water partition coefficient (Wildman–Crippen LogP) is 0.667. The van der Waals surface area contributed by atoms with Gasteiger partial charge in [0.05, 0.1) is 0 Å². The van der Waals surface area contributed by atoms with Crippen molar-refractivity contribution in [2.75, 3.05) is 11.1 Å². The molecule has 0 aliphatic carbocycles. The first kappa shape index (κ1) is 18.6. The number of nitrogens with one attached hydrogen (secondary N) is 1. The number of benzene rings is 2. The number of amides is 1. The minimum absolute atomic E-state index is 0.0406. The van der Waals surface area contributed by atoms with Gasteiger partial charge in [0.25, 0.3) is 0 Å². The molecule has 2 aromatic carbocycles. The Balaban J connectivity index is 2.37. The Labute approximate surface area is 146 Å². The second kappa shape index (κ2) is 7.04. The zero-order chi connectivity index (χ0) is 18.8. The quantitative estimate of drug-likeness (QED) is 0.431. The Morgan fingerprint density at radius 3 is 2.48 bits per heavy atom. The zero-order valence-corrected chi connectivity index (χ0v) is 15.4. The topological polar surface area (TPSA) is 139 Å². The Morgan fingerprint density at radius 2 is 1.88 bits per heavy atom. The maximum absolute atomic E-state index is 12.6. The van der Waals surface area contributed by atoms with Gasteiger partial charge in [-0.05, 0) is 0 Å². The first-order chi connectivity index (χ1) is 11.6. The third-order valence-corrected chi connectivity index (χ3v) is 6.19. The molecule has 1 unspecified atom stereocenters. The molecule has 0 bridgehead atoms. The molecule has 0 heterocycles. The monoisotopic (exact) mass is 408 g/mol. The second-order valence-electron chi connectivity index (χ2n) is 5.37. The van der Waals surface area contributed by atoms with E-state index >= 15 is 0 Å². The third-order valence-electron chi connectivity index (χ3n) is 3.23. The molecular formula is C16H17AsN2O6. The summed E-state index contributed by atoms with van der Waals surface area (Å²) in [6.45, 7) is 2.98. The molecule has 0 aliphatic rings. The van der Waals surface area contributed by atoms with E-state index in [-0.39, 0.29) is 27.0 Å². The number of rotatable bonds is 4. The van der Waals surface area contributed by atoms with Crippen LogP contribution in [0.3, 0.4) is 0 Å². The molecule has 0 spiro atoms. The van der Waals surface area contributed by atoms with Gasteiger partial charge in [0.2, 0.25) is 0 Å². The Bertz CT molecular complexity index is 896. The average Bonchev–Trinajstić information content (AvgIpc) is 2.45. The number of nitrogens with two attached hydrogens (primary N) is 1. The standard InChI is InChI=1S/C16H17AsN2O6/c1-9-3-5-12(14(18)7-9)16(22)25-17(23,24)13-6-4-11(21)8-15(13)19-10(2)20/h3-8,21H,18H2,1-2H3,(H,19,20)(H,23,24). The molecule has 5 N–H and O–H groups in total. The fourth-order valence-electron chi connectivity index (χ4n) is 2.14. The van der Waals surface area contributed by atoms with Gasteiger partial charge in [-0.1, -0.05) is 0 Å². The van der Waals surface area contributed by atoms with Gasteiger partial charge in [-0.25, -0.2) is 0 Å². The molecule has 0 aromatic heterocycles. The number of hydrogen-bond acceptors (Lipinski definition) is 6. The van der Waals surface area contributed by atoms with Gasteiger partial charge in [-0.15, -0.1) is 0 Å². The van der Waals surface area contributed by atoms with Crippen LogP contribution < -0.4 is 15.4 Å². The van der Waals surface area contributed by atoms with Crippen molar-refractivity contribution in [3.8, 4) is 5.75 Å². The van der Waals surface area contributed by atoms with Crippen LogP contribution in [0.25, 0.3) is 0 Å². The number of anilines is 2. The van der Waals surface area contributed by atoms with Crippen LogP contribution in [0.2, 0.25) is 0 Å². The molecule has 132 valence electrons. The molecule has 2 rings (SSSR count). The van der Waals surface area contributed by atoms with Gasteiger partial charge in [0, 0.05) is 0 Å². The van der Waals surface area contributed by atoms with Crippen molar-refractivity contribution in [1.82, 2.24) is 0 Å². The van der Waals surface area contributed by atoms with Crippen molar-refractivity contribution in [3.63, 3.8) is 0 Å². The predicted molar refractivity (Wildman–Crippen MR) is 91.7 cm³/mol. The molecule has 0 fully saturated rings. The average molecular weight is 408 g/mol. The number of phenolic OH excluding ortho intramolecular Hbond substituents is 1. The number of carbonyl (C=O) groups is 2. The molecule has 2 aromatic rings.